The molecule has 0 saturated heterocycles. The molecule has 0 aliphatic carbocycles. The maximum absolute atomic E-state index is 11.7. The number of sulfonamides is 1. The number of aliphatic hydroxyl groups excluding tert-OH is 1. The van der Waals surface area contributed by atoms with Crippen LogP contribution in [-0.4, -0.2) is 33.2 Å². The molecule has 1 aromatic carbocycles. The Morgan fingerprint density at radius 1 is 1.38 bits per heavy atom. The van der Waals surface area contributed by atoms with E-state index < -0.39 is 16.1 Å². The molecule has 0 heterocycles. The van der Waals surface area contributed by atoms with Crippen LogP contribution in [-0.2, 0) is 10.0 Å². The van der Waals surface area contributed by atoms with Crippen molar-refractivity contribution in [1.82, 2.24) is 4.72 Å². The summed E-state index contributed by atoms with van der Waals surface area (Å²) in [5.41, 5.74) is 0.484. The van der Waals surface area contributed by atoms with Crippen LogP contribution in [0.1, 0.15) is 6.92 Å². The number of rotatable bonds is 5. The molecule has 16 heavy (non-hydrogen) atoms. The van der Waals surface area contributed by atoms with Gasteiger partial charge >= 0.3 is 0 Å². The van der Waals surface area contributed by atoms with Crippen molar-refractivity contribution in [3.8, 4) is 0 Å². The van der Waals surface area contributed by atoms with Gasteiger partial charge in [0.05, 0.1) is 11.8 Å². The Hall–Kier alpha value is -1.11. The zero-order valence-electron chi connectivity index (χ0n) is 9.27. The van der Waals surface area contributed by atoms with Crippen LogP contribution in [0.15, 0.2) is 29.2 Å². The Balaban J connectivity index is 3.01. The van der Waals surface area contributed by atoms with Gasteiger partial charge in [-0.25, -0.2) is 13.1 Å². The lowest BCUT2D eigenvalue weighted by Crippen LogP contribution is -2.22. The standard InChI is InChI=1S/C10H16N2O3S/c1-8(13)7-12-9-5-3-4-6-10(9)16(14,15)11-2/h3-6,8,11-13H,7H2,1-2H3. The molecule has 0 aromatic heterocycles. The molecule has 90 valence electrons. The summed E-state index contributed by atoms with van der Waals surface area (Å²) in [6.07, 6.45) is -0.537. The van der Waals surface area contributed by atoms with Crippen LogP contribution in [0.25, 0.3) is 0 Å². The largest absolute Gasteiger partial charge is 0.392 e. The van der Waals surface area contributed by atoms with Gasteiger partial charge < -0.3 is 10.4 Å². The van der Waals surface area contributed by atoms with Gasteiger partial charge in [-0.2, -0.15) is 0 Å². The molecule has 1 aromatic rings. The summed E-state index contributed by atoms with van der Waals surface area (Å²) in [4.78, 5) is 0.179. The van der Waals surface area contributed by atoms with Crippen LogP contribution in [0.5, 0.6) is 0 Å². The number of para-hydroxylation sites is 1. The number of hydrogen-bond donors (Lipinski definition) is 3. The van der Waals surface area contributed by atoms with E-state index in [0.717, 1.165) is 0 Å². The molecule has 0 spiro atoms. The van der Waals surface area contributed by atoms with E-state index in [1.165, 1.54) is 13.1 Å². The zero-order valence-corrected chi connectivity index (χ0v) is 10.1. The lowest BCUT2D eigenvalue weighted by molar-refractivity contribution is 0.208. The summed E-state index contributed by atoms with van der Waals surface area (Å²) in [7, 11) is -2.11. The highest BCUT2D eigenvalue weighted by Gasteiger charge is 2.15. The molecule has 0 aliphatic heterocycles. The van der Waals surface area contributed by atoms with E-state index in [9.17, 15) is 8.42 Å². The fraction of sp³-hybridized carbons (Fsp3) is 0.400. The van der Waals surface area contributed by atoms with Gasteiger partial charge in [-0.1, -0.05) is 12.1 Å². The molecule has 0 saturated carbocycles. The van der Waals surface area contributed by atoms with Gasteiger partial charge in [-0.15, -0.1) is 0 Å². The van der Waals surface area contributed by atoms with E-state index in [1.54, 1.807) is 25.1 Å². The third-order valence-corrected chi connectivity index (χ3v) is 3.51. The minimum absolute atomic E-state index is 0.179. The molecule has 5 nitrogen and oxygen atoms in total. The van der Waals surface area contributed by atoms with E-state index in [2.05, 4.69) is 10.0 Å². The maximum atomic E-state index is 11.7. The number of benzene rings is 1. The van der Waals surface area contributed by atoms with Crippen LogP contribution in [0.3, 0.4) is 0 Å². The van der Waals surface area contributed by atoms with E-state index in [-0.39, 0.29) is 4.90 Å². The monoisotopic (exact) mass is 244 g/mol. The molecule has 3 N–H and O–H groups in total. The highest BCUT2D eigenvalue weighted by molar-refractivity contribution is 7.89. The predicted molar refractivity (Wildman–Crippen MR) is 62.9 cm³/mol. The van der Waals surface area contributed by atoms with Crippen molar-refractivity contribution in [2.24, 2.45) is 0 Å². The van der Waals surface area contributed by atoms with Gasteiger partial charge in [0.25, 0.3) is 0 Å². The van der Waals surface area contributed by atoms with Crippen LogP contribution in [0.2, 0.25) is 0 Å². The highest BCUT2D eigenvalue weighted by atomic mass is 32.2. The van der Waals surface area contributed by atoms with Gasteiger partial charge in [0.15, 0.2) is 0 Å². The third kappa shape index (κ3) is 3.19. The first-order valence-corrected chi connectivity index (χ1v) is 6.40. The molecule has 0 fully saturated rings. The van der Waals surface area contributed by atoms with Crippen molar-refractivity contribution < 1.29 is 13.5 Å². The first-order valence-electron chi connectivity index (χ1n) is 4.92. The Morgan fingerprint density at radius 2 is 2.00 bits per heavy atom. The molecule has 6 heteroatoms. The summed E-state index contributed by atoms with van der Waals surface area (Å²) >= 11 is 0. The fourth-order valence-electron chi connectivity index (χ4n) is 1.21. The number of anilines is 1. The number of hydrogen-bond acceptors (Lipinski definition) is 4. The molecule has 0 bridgehead atoms. The Kier molecular flexibility index (Phi) is 4.28. The summed E-state index contributed by atoms with van der Waals surface area (Å²) in [6, 6.07) is 6.56. The molecule has 0 amide bonds. The zero-order chi connectivity index (χ0) is 12.2. The second kappa shape index (κ2) is 5.29. The summed E-state index contributed by atoms with van der Waals surface area (Å²) < 4.78 is 25.6. The molecule has 1 atom stereocenters. The molecule has 0 radical (unpaired) electrons. The average Bonchev–Trinajstić information content (AvgIpc) is 2.26. The lowest BCUT2D eigenvalue weighted by Gasteiger charge is -2.12. The smallest absolute Gasteiger partial charge is 0.242 e. The Labute approximate surface area is 95.5 Å². The van der Waals surface area contributed by atoms with E-state index >= 15 is 0 Å². The maximum Gasteiger partial charge on any atom is 0.242 e. The Bertz CT molecular complexity index is 443. The normalized spacial score (nSPS) is 13.4. The molecule has 1 rings (SSSR count). The first kappa shape index (κ1) is 13.0. The first-order chi connectivity index (χ1) is 7.47. The van der Waals surface area contributed by atoms with Gasteiger partial charge in [0, 0.05) is 6.54 Å². The second-order valence-electron chi connectivity index (χ2n) is 3.43. The molecular formula is C10H16N2O3S. The van der Waals surface area contributed by atoms with Crippen molar-refractivity contribution in [2.45, 2.75) is 17.9 Å². The Morgan fingerprint density at radius 3 is 2.56 bits per heavy atom. The number of aliphatic hydroxyl groups is 1. The average molecular weight is 244 g/mol. The highest BCUT2D eigenvalue weighted by Crippen LogP contribution is 2.19. The SMILES string of the molecule is CNS(=O)(=O)c1ccccc1NCC(C)O. The minimum atomic E-state index is -3.47. The third-order valence-electron chi connectivity index (χ3n) is 2.03. The van der Waals surface area contributed by atoms with Gasteiger partial charge in [-0.05, 0) is 26.1 Å². The van der Waals surface area contributed by atoms with E-state index in [4.69, 9.17) is 5.11 Å². The number of nitrogens with one attached hydrogen (secondary N) is 2. The predicted octanol–water partition coefficient (Wildman–Crippen LogP) is 0.387. The van der Waals surface area contributed by atoms with Crippen molar-refractivity contribution >= 4 is 15.7 Å². The van der Waals surface area contributed by atoms with Crippen molar-refractivity contribution in [3.63, 3.8) is 0 Å². The van der Waals surface area contributed by atoms with Crippen molar-refractivity contribution in [1.29, 1.82) is 0 Å². The molecular weight excluding hydrogens is 228 g/mol. The van der Waals surface area contributed by atoms with Gasteiger partial charge in [-0.3, -0.25) is 0 Å². The lowest BCUT2D eigenvalue weighted by atomic mass is 10.3. The van der Waals surface area contributed by atoms with Gasteiger partial charge in [0.1, 0.15) is 4.90 Å². The minimum Gasteiger partial charge on any atom is -0.392 e. The summed E-state index contributed by atoms with van der Waals surface area (Å²) in [5, 5.41) is 12.0. The fourth-order valence-corrected chi connectivity index (χ4v) is 2.12. The van der Waals surface area contributed by atoms with Crippen LogP contribution in [0, 0.1) is 0 Å². The van der Waals surface area contributed by atoms with Crippen molar-refractivity contribution in [3.05, 3.63) is 24.3 Å². The summed E-state index contributed by atoms with van der Waals surface area (Å²) in [6.45, 7) is 1.93. The van der Waals surface area contributed by atoms with Crippen molar-refractivity contribution in [2.75, 3.05) is 18.9 Å². The molecule has 0 aliphatic rings. The molecule has 1 unspecified atom stereocenters. The van der Waals surface area contributed by atoms with Crippen LogP contribution >= 0.6 is 0 Å². The van der Waals surface area contributed by atoms with Gasteiger partial charge in [0.2, 0.25) is 10.0 Å². The second-order valence-corrected chi connectivity index (χ2v) is 5.29. The summed E-state index contributed by atoms with van der Waals surface area (Å²) in [5.74, 6) is 0. The van der Waals surface area contributed by atoms with E-state index in [1.807, 2.05) is 0 Å². The van der Waals surface area contributed by atoms with Crippen LogP contribution < -0.4 is 10.0 Å². The quantitative estimate of drug-likeness (QED) is 0.700. The topological polar surface area (TPSA) is 78.4 Å². The van der Waals surface area contributed by atoms with Crippen LogP contribution in [0.4, 0.5) is 5.69 Å². The van der Waals surface area contributed by atoms with E-state index in [0.29, 0.717) is 12.2 Å².